The summed E-state index contributed by atoms with van der Waals surface area (Å²) in [6.45, 7) is 2.05. The number of halogens is 1. The molecule has 1 amide bonds. The van der Waals surface area contributed by atoms with E-state index in [1.807, 2.05) is 30.3 Å². The molecule has 1 atom stereocenters. The fourth-order valence-corrected chi connectivity index (χ4v) is 4.23. The largest absolute Gasteiger partial charge is 0.383 e. The Hall–Kier alpha value is -1.93. The van der Waals surface area contributed by atoms with Gasteiger partial charge in [-0.2, -0.15) is 4.31 Å². The Bertz CT molecular complexity index is 858. The zero-order valence-electron chi connectivity index (χ0n) is 16.0. The molecule has 0 heterocycles. The minimum absolute atomic E-state index is 0.0997. The van der Waals surface area contributed by atoms with E-state index in [9.17, 15) is 13.2 Å². The molecule has 6 nitrogen and oxygen atoms in total. The molecule has 0 aliphatic rings. The summed E-state index contributed by atoms with van der Waals surface area (Å²) in [5.41, 5.74) is 0.993. The van der Waals surface area contributed by atoms with Crippen molar-refractivity contribution in [1.29, 1.82) is 0 Å². The third kappa shape index (κ3) is 6.60. The summed E-state index contributed by atoms with van der Waals surface area (Å²) in [6.07, 6.45) is 0.495. The monoisotopic (exact) mass is 424 g/mol. The van der Waals surface area contributed by atoms with Gasteiger partial charge in [-0.3, -0.25) is 4.79 Å². The van der Waals surface area contributed by atoms with Crippen LogP contribution in [0.4, 0.5) is 0 Å². The van der Waals surface area contributed by atoms with E-state index in [0.29, 0.717) is 18.1 Å². The smallest absolute Gasteiger partial charge is 0.243 e. The number of hydrogen-bond acceptors (Lipinski definition) is 4. The highest BCUT2D eigenvalue weighted by atomic mass is 35.5. The topological polar surface area (TPSA) is 75.7 Å². The van der Waals surface area contributed by atoms with E-state index < -0.39 is 10.0 Å². The van der Waals surface area contributed by atoms with Crippen LogP contribution in [0.2, 0.25) is 5.02 Å². The molecule has 0 saturated heterocycles. The lowest BCUT2D eigenvalue weighted by Crippen LogP contribution is -2.45. The van der Waals surface area contributed by atoms with Crippen LogP contribution >= 0.6 is 11.6 Å². The number of ether oxygens (including phenoxy) is 1. The molecule has 2 rings (SSSR count). The first-order valence-corrected chi connectivity index (χ1v) is 10.7. The number of benzene rings is 2. The molecule has 0 aliphatic carbocycles. The van der Waals surface area contributed by atoms with Crippen molar-refractivity contribution >= 4 is 27.5 Å². The lowest BCUT2D eigenvalue weighted by atomic mass is 10.1. The zero-order chi connectivity index (χ0) is 20.6. The number of sulfonamides is 1. The maximum atomic E-state index is 13.1. The third-order valence-corrected chi connectivity index (χ3v) is 6.20. The van der Waals surface area contributed by atoms with Crippen molar-refractivity contribution in [3.8, 4) is 0 Å². The summed E-state index contributed by atoms with van der Waals surface area (Å²) >= 11 is 5.87. The van der Waals surface area contributed by atoms with Crippen LogP contribution in [0.25, 0.3) is 0 Å². The third-order valence-electron chi connectivity index (χ3n) is 4.09. The van der Waals surface area contributed by atoms with Crippen molar-refractivity contribution in [1.82, 2.24) is 9.62 Å². The van der Waals surface area contributed by atoms with Gasteiger partial charge in [0.15, 0.2) is 0 Å². The molecule has 8 heteroatoms. The molecule has 28 heavy (non-hydrogen) atoms. The Kier molecular flexibility index (Phi) is 8.44. The Morgan fingerprint density at radius 1 is 1.14 bits per heavy atom. The Balaban J connectivity index is 2.19. The van der Waals surface area contributed by atoms with Gasteiger partial charge in [-0.1, -0.05) is 41.9 Å². The Morgan fingerprint density at radius 2 is 1.79 bits per heavy atom. The van der Waals surface area contributed by atoms with Crippen molar-refractivity contribution in [2.75, 3.05) is 26.8 Å². The summed E-state index contributed by atoms with van der Waals surface area (Å²) in [4.78, 5) is 12.5. The second-order valence-corrected chi connectivity index (χ2v) is 8.83. The fourth-order valence-electron chi connectivity index (χ4n) is 2.71. The molecule has 152 valence electrons. The van der Waals surface area contributed by atoms with Crippen LogP contribution in [0.15, 0.2) is 59.5 Å². The van der Waals surface area contributed by atoms with Gasteiger partial charge in [0, 0.05) is 24.7 Å². The van der Waals surface area contributed by atoms with E-state index in [1.165, 1.54) is 28.6 Å². The number of nitrogens with one attached hydrogen (secondary N) is 1. The predicted molar refractivity (Wildman–Crippen MR) is 110 cm³/mol. The zero-order valence-corrected chi connectivity index (χ0v) is 17.5. The van der Waals surface area contributed by atoms with Crippen LogP contribution in [0.5, 0.6) is 0 Å². The van der Waals surface area contributed by atoms with E-state index in [4.69, 9.17) is 16.3 Å². The highest BCUT2D eigenvalue weighted by Gasteiger charge is 2.27. The highest BCUT2D eigenvalue weighted by Crippen LogP contribution is 2.19. The fraction of sp³-hybridized carbons (Fsp3) is 0.350. The van der Waals surface area contributed by atoms with Gasteiger partial charge in [-0.25, -0.2) is 8.42 Å². The van der Waals surface area contributed by atoms with Crippen molar-refractivity contribution in [2.24, 2.45) is 0 Å². The van der Waals surface area contributed by atoms with Crippen LogP contribution in [0, 0.1) is 0 Å². The molecule has 2 aromatic carbocycles. The quantitative estimate of drug-likeness (QED) is 0.636. The van der Waals surface area contributed by atoms with E-state index >= 15 is 0 Å². The molecule has 0 saturated carbocycles. The van der Waals surface area contributed by atoms with Gasteiger partial charge in [0.1, 0.15) is 0 Å². The molecule has 0 aliphatic heterocycles. The van der Waals surface area contributed by atoms with Crippen LogP contribution in [-0.4, -0.2) is 51.5 Å². The SMILES string of the molecule is COC[C@H](C)NC(=O)CN(CCc1ccccc1)S(=O)(=O)c1ccc(Cl)cc1. The van der Waals surface area contributed by atoms with Gasteiger partial charge in [0.2, 0.25) is 15.9 Å². The van der Waals surface area contributed by atoms with Crippen molar-refractivity contribution in [2.45, 2.75) is 24.3 Å². The summed E-state index contributed by atoms with van der Waals surface area (Å²) in [5.74, 6) is -0.379. The Morgan fingerprint density at radius 3 is 2.39 bits per heavy atom. The number of carbonyl (C=O) groups is 1. The van der Waals surface area contributed by atoms with Crippen LogP contribution in [0.3, 0.4) is 0 Å². The van der Waals surface area contributed by atoms with E-state index in [0.717, 1.165) is 5.56 Å². The molecular formula is C20H25ClN2O4S. The van der Waals surface area contributed by atoms with Gasteiger partial charge >= 0.3 is 0 Å². The first-order chi connectivity index (χ1) is 13.3. The molecule has 0 unspecified atom stereocenters. The number of methoxy groups -OCH3 is 1. The number of carbonyl (C=O) groups excluding carboxylic acids is 1. The van der Waals surface area contributed by atoms with Gasteiger partial charge in [-0.05, 0) is 43.2 Å². The standard InChI is InChI=1S/C20H25ClN2O4S/c1-16(15-27-2)22-20(24)14-23(13-12-17-6-4-3-5-7-17)28(25,26)19-10-8-18(21)9-11-19/h3-11,16H,12-15H2,1-2H3,(H,22,24)/t16-/m0/s1. The van der Waals surface area contributed by atoms with Gasteiger partial charge in [-0.15, -0.1) is 0 Å². The van der Waals surface area contributed by atoms with Gasteiger partial charge in [0.25, 0.3) is 0 Å². The first kappa shape index (κ1) is 22.4. The van der Waals surface area contributed by atoms with E-state index in [1.54, 1.807) is 14.0 Å². The van der Waals surface area contributed by atoms with Crippen LogP contribution < -0.4 is 5.32 Å². The minimum Gasteiger partial charge on any atom is -0.383 e. The molecule has 0 radical (unpaired) electrons. The maximum Gasteiger partial charge on any atom is 0.243 e. The number of amides is 1. The average molecular weight is 425 g/mol. The van der Waals surface area contributed by atoms with Crippen LogP contribution in [-0.2, 0) is 26.0 Å². The molecule has 0 bridgehead atoms. The second-order valence-electron chi connectivity index (χ2n) is 6.45. The molecule has 0 spiro atoms. The normalized spacial score (nSPS) is 12.7. The average Bonchev–Trinajstić information content (AvgIpc) is 2.66. The predicted octanol–water partition coefficient (Wildman–Crippen LogP) is 2.72. The molecular weight excluding hydrogens is 400 g/mol. The summed E-state index contributed by atoms with van der Waals surface area (Å²) < 4.78 is 32.4. The van der Waals surface area contributed by atoms with Crippen molar-refractivity contribution < 1.29 is 17.9 Å². The van der Waals surface area contributed by atoms with Crippen molar-refractivity contribution in [3.05, 3.63) is 65.2 Å². The van der Waals surface area contributed by atoms with Gasteiger partial charge in [0.05, 0.1) is 18.0 Å². The molecule has 0 fully saturated rings. The molecule has 2 aromatic rings. The molecule has 0 aromatic heterocycles. The van der Waals surface area contributed by atoms with Gasteiger partial charge < -0.3 is 10.1 Å². The van der Waals surface area contributed by atoms with E-state index in [-0.39, 0.29) is 29.9 Å². The number of nitrogens with zero attached hydrogens (tertiary/aromatic N) is 1. The lowest BCUT2D eigenvalue weighted by molar-refractivity contribution is -0.122. The summed E-state index contributed by atoms with van der Waals surface area (Å²) in [7, 11) is -2.31. The van der Waals surface area contributed by atoms with E-state index in [2.05, 4.69) is 5.32 Å². The van der Waals surface area contributed by atoms with Crippen LogP contribution in [0.1, 0.15) is 12.5 Å². The molecule has 1 N–H and O–H groups in total. The highest BCUT2D eigenvalue weighted by molar-refractivity contribution is 7.89. The maximum absolute atomic E-state index is 13.1. The minimum atomic E-state index is -3.85. The number of rotatable bonds is 10. The Labute approximate surface area is 171 Å². The first-order valence-electron chi connectivity index (χ1n) is 8.91. The summed E-state index contributed by atoms with van der Waals surface area (Å²) in [6, 6.07) is 15.2. The summed E-state index contributed by atoms with van der Waals surface area (Å²) in [5, 5.41) is 3.20. The lowest BCUT2D eigenvalue weighted by Gasteiger charge is -2.23. The second kappa shape index (κ2) is 10.6. The number of hydrogen-bond donors (Lipinski definition) is 1. The van der Waals surface area contributed by atoms with Crippen molar-refractivity contribution in [3.63, 3.8) is 0 Å².